The largest absolute Gasteiger partial charge is 0.0914 e. The average molecular weight is 244 g/mol. The molecule has 0 heteroatoms. The topological polar surface area (TPSA) is 0 Å². The van der Waals surface area contributed by atoms with Crippen molar-refractivity contribution in [3.8, 4) is 0 Å². The van der Waals surface area contributed by atoms with Gasteiger partial charge in [0.15, 0.2) is 0 Å². The second-order valence-electron chi connectivity index (χ2n) is 6.18. The van der Waals surface area contributed by atoms with Crippen LogP contribution in [0.1, 0.15) is 65.2 Å². The van der Waals surface area contributed by atoms with Gasteiger partial charge in [0.05, 0.1) is 0 Å². The van der Waals surface area contributed by atoms with Crippen LogP contribution < -0.4 is 0 Å². The molecule has 0 unspecified atom stereocenters. The molecule has 18 heavy (non-hydrogen) atoms. The van der Waals surface area contributed by atoms with E-state index in [1.165, 1.54) is 51.4 Å². The minimum atomic E-state index is 0.846. The second kappa shape index (κ2) is 7.16. The number of rotatable bonds is 3. The zero-order valence-corrected chi connectivity index (χ0v) is 12.1. The lowest BCUT2D eigenvalue weighted by Crippen LogP contribution is -2.11. The third-order valence-electron chi connectivity index (χ3n) is 4.63. The molecule has 100 valence electrons. The summed E-state index contributed by atoms with van der Waals surface area (Å²) in [6.07, 6.45) is 20.4. The first kappa shape index (κ1) is 13.9. The molecule has 0 nitrogen and oxygen atoms in total. The van der Waals surface area contributed by atoms with Crippen molar-refractivity contribution in [3.63, 3.8) is 0 Å². The normalized spacial score (nSPS) is 26.6. The lowest BCUT2D eigenvalue weighted by Gasteiger charge is -2.26. The molecule has 0 aromatic heterocycles. The van der Waals surface area contributed by atoms with Crippen LogP contribution in [0.15, 0.2) is 24.3 Å². The maximum atomic E-state index is 2.51. The van der Waals surface area contributed by atoms with Crippen LogP contribution in [0.4, 0.5) is 0 Å². The molecule has 2 aliphatic rings. The molecule has 0 N–H and O–H groups in total. The Labute approximate surface area is 114 Å². The Hall–Kier alpha value is -0.520. The van der Waals surface area contributed by atoms with Crippen molar-refractivity contribution in [2.24, 2.45) is 11.8 Å². The lowest BCUT2D eigenvalue weighted by molar-refractivity contribution is 0.440. The highest BCUT2D eigenvalue weighted by molar-refractivity contribution is 5.14. The van der Waals surface area contributed by atoms with E-state index in [1.54, 1.807) is 11.8 Å². The summed E-state index contributed by atoms with van der Waals surface area (Å²) in [6.45, 7) is 4.46. The zero-order valence-electron chi connectivity index (χ0n) is 12.1. The lowest BCUT2D eigenvalue weighted by atomic mass is 9.79. The van der Waals surface area contributed by atoms with Gasteiger partial charge in [-0.05, 0) is 82.0 Å². The van der Waals surface area contributed by atoms with Gasteiger partial charge in [0, 0.05) is 0 Å². The van der Waals surface area contributed by atoms with Crippen molar-refractivity contribution in [2.75, 3.05) is 0 Å². The summed E-state index contributed by atoms with van der Waals surface area (Å²) < 4.78 is 0. The molecule has 2 aliphatic carbocycles. The smallest absolute Gasteiger partial charge is 0.00268 e. The van der Waals surface area contributed by atoms with Gasteiger partial charge in [-0.25, -0.2) is 0 Å². The third kappa shape index (κ3) is 4.30. The Bertz CT molecular complexity index is 270. The van der Waals surface area contributed by atoms with E-state index < -0.39 is 0 Å². The van der Waals surface area contributed by atoms with Crippen LogP contribution in [0.3, 0.4) is 0 Å². The second-order valence-corrected chi connectivity index (χ2v) is 6.18. The van der Waals surface area contributed by atoms with Gasteiger partial charge in [0.1, 0.15) is 0 Å². The van der Waals surface area contributed by atoms with Gasteiger partial charge in [-0.15, -0.1) is 0 Å². The van der Waals surface area contributed by atoms with Gasteiger partial charge in [0.25, 0.3) is 0 Å². The van der Waals surface area contributed by atoms with Crippen LogP contribution in [-0.4, -0.2) is 0 Å². The van der Waals surface area contributed by atoms with Gasteiger partial charge >= 0.3 is 0 Å². The van der Waals surface area contributed by atoms with Crippen LogP contribution in [0, 0.1) is 23.7 Å². The molecule has 2 fully saturated rings. The molecule has 0 spiro atoms. The Morgan fingerprint density at radius 2 is 1.39 bits per heavy atom. The maximum Gasteiger partial charge on any atom is -0.00268 e. The molecule has 0 amide bonds. The minimum absolute atomic E-state index is 0.846. The van der Waals surface area contributed by atoms with Crippen molar-refractivity contribution in [2.45, 2.75) is 65.2 Å². The number of hydrogen-bond acceptors (Lipinski definition) is 0. The zero-order chi connectivity index (χ0) is 12.8. The third-order valence-corrected chi connectivity index (χ3v) is 4.63. The van der Waals surface area contributed by atoms with E-state index in [4.69, 9.17) is 0 Å². The Kier molecular flexibility index (Phi) is 5.53. The fraction of sp³-hybridized carbons (Fsp3) is 0.667. The quantitative estimate of drug-likeness (QED) is 0.561. The summed E-state index contributed by atoms with van der Waals surface area (Å²) in [5.74, 6) is 5.11. The van der Waals surface area contributed by atoms with Crippen molar-refractivity contribution < 1.29 is 0 Å². The molecule has 2 saturated carbocycles. The summed E-state index contributed by atoms with van der Waals surface area (Å²) in [5, 5.41) is 0. The highest BCUT2D eigenvalue weighted by atomic mass is 14.2. The van der Waals surface area contributed by atoms with Gasteiger partial charge in [-0.2, -0.15) is 0 Å². The monoisotopic (exact) mass is 244 g/mol. The minimum Gasteiger partial charge on any atom is -0.0914 e. The van der Waals surface area contributed by atoms with Crippen molar-refractivity contribution in [3.05, 3.63) is 36.1 Å². The van der Waals surface area contributed by atoms with E-state index in [0.717, 1.165) is 11.8 Å². The van der Waals surface area contributed by atoms with E-state index in [-0.39, 0.29) is 0 Å². The SMILES string of the molecule is C/C=C/C1CC[C](/C=C/C2CC[C](C)CC2)CC1. The van der Waals surface area contributed by atoms with Gasteiger partial charge in [-0.1, -0.05) is 31.2 Å². The molecular weight excluding hydrogens is 216 g/mol. The summed E-state index contributed by atoms with van der Waals surface area (Å²) in [4.78, 5) is 0. The Balaban J connectivity index is 1.71. The summed E-state index contributed by atoms with van der Waals surface area (Å²) in [7, 11) is 0. The number of allylic oxidation sites excluding steroid dienone is 4. The molecule has 0 saturated heterocycles. The van der Waals surface area contributed by atoms with Crippen LogP contribution in [0.2, 0.25) is 0 Å². The van der Waals surface area contributed by atoms with Gasteiger partial charge in [-0.3, -0.25) is 0 Å². The van der Waals surface area contributed by atoms with Gasteiger partial charge < -0.3 is 0 Å². The number of hydrogen-bond donors (Lipinski definition) is 0. The predicted molar refractivity (Wildman–Crippen MR) is 80.0 cm³/mol. The summed E-state index contributed by atoms with van der Waals surface area (Å²) in [5.41, 5.74) is 0. The predicted octanol–water partition coefficient (Wildman–Crippen LogP) is 5.67. The maximum absolute atomic E-state index is 2.51. The van der Waals surface area contributed by atoms with Crippen LogP contribution in [0.5, 0.6) is 0 Å². The molecule has 2 radical (unpaired) electrons. The van der Waals surface area contributed by atoms with Crippen LogP contribution in [0.25, 0.3) is 0 Å². The van der Waals surface area contributed by atoms with Crippen molar-refractivity contribution >= 4 is 0 Å². The first-order chi connectivity index (χ1) is 8.78. The van der Waals surface area contributed by atoms with E-state index in [9.17, 15) is 0 Å². The highest BCUT2D eigenvalue weighted by Gasteiger charge is 2.19. The molecule has 0 aromatic rings. The standard InChI is InChI=1S/C18H28/c1-3-4-16-9-11-18(12-10-16)14-13-17-7-5-15(2)6-8-17/h3-4,13-14,16-17H,5-12H2,1-2H3/b4-3+,14-13+. The van der Waals surface area contributed by atoms with Crippen LogP contribution >= 0.6 is 0 Å². The first-order valence-electron chi connectivity index (χ1n) is 7.75. The molecule has 0 aliphatic heterocycles. The summed E-state index contributed by atoms with van der Waals surface area (Å²) in [6, 6.07) is 0. The fourth-order valence-corrected chi connectivity index (χ4v) is 3.24. The summed E-state index contributed by atoms with van der Waals surface area (Å²) >= 11 is 0. The molecule has 2 rings (SSSR count). The fourth-order valence-electron chi connectivity index (χ4n) is 3.24. The molecular formula is C18H28. The van der Waals surface area contributed by atoms with E-state index in [1.807, 2.05) is 0 Å². The molecule has 0 heterocycles. The van der Waals surface area contributed by atoms with Gasteiger partial charge in [0.2, 0.25) is 0 Å². The van der Waals surface area contributed by atoms with Crippen molar-refractivity contribution in [1.29, 1.82) is 0 Å². The Morgan fingerprint density at radius 1 is 0.833 bits per heavy atom. The molecule has 0 bridgehead atoms. The Morgan fingerprint density at radius 3 is 2.00 bits per heavy atom. The van der Waals surface area contributed by atoms with Crippen LogP contribution in [-0.2, 0) is 0 Å². The van der Waals surface area contributed by atoms with E-state index in [0.29, 0.717) is 0 Å². The first-order valence-corrected chi connectivity index (χ1v) is 7.75. The molecule has 0 atom stereocenters. The van der Waals surface area contributed by atoms with E-state index >= 15 is 0 Å². The highest BCUT2D eigenvalue weighted by Crippen LogP contribution is 2.34. The van der Waals surface area contributed by atoms with E-state index in [2.05, 4.69) is 38.2 Å². The molecule has 0 aromatic carbocycles. The van der Waals surface area contributed by atoms with Crippen molar-refractivity contribution in [1.82, 2.24) is 0 Å². The average Bonchev–Trinajstić information content (AvgIpc) is 2.40.